The monoisotopic (exact) mass is 200 g/mol. The first-order chi connectivity index (χ1) is 6.49. The van der Waals surface area contributed by atoms with Gasteiger partial charge in [0.25, 0.3) is 0 Å². The first kappa shape index (κ1) is 12.0. The molecule has 2 N–H and O–H groups in total. The summed E-state index contributed by atoms with van der Waals surface area (Å²) in [4.78, 5) is 2.44. The van der Waals surface area contributed by atoms with Crippen molar-refractivity contribution in [1.82, 2.24) is 10.2 Å². The zero-order chi connectivity index (χ0) is 10.8. The molecule has 1 atom stereocenters. The van der Waals surface area contributed by atoms with E-state index in [-0.39, 0.29) is 18.2 Å². The second kappa shape index (κ2) is 4.60. The highest BCUT2D eigenvalue weighted by Gasteiger charge is 2.35. The van der Waals surface area contributed by atoms with Crippen molar-refractivity contribution in [3.63, 3.8) is 0 Å². The van der Waals surface area contributed by atoms with Crippen molar-refractivity contribution < 1.29 is 5.11 Å². The second-order valence-electron chi connectivity index (χ2n) is 5.10. The Bertz CT molecular complexity index is 180. The molecule has 0 aromatic heterocycles. The molecule has 0 aliphatic carbocycles. The summed E-state index contributed by atoms with van der Waals surface area (Å²) in [7, 11) is 0. The molecule has 1 aliphatic heterocycles. The summed E-state index contributed by atoms with van der Waals surface area (Å²) in [5.74, 6) is 0. The van der Waals surface area contributed by atoms with Gasteiger partial charge in [0.1, 0.15) is 0 Å². The zero-order valence-corrected chi connectivity index (χ0v) is 9.88. The average molecular weight is 200 g/mol. The van der Waals surface area contributed by atoms with Gasteiger partial charge in [0.05, 0.1) is 6.61 Å². The van der Waals surface area contributed by atoms with Crippen LogP contribution < -0.4 is 5.32 Å². The summed E-state index contributed by atoms with van der Waals surface area (Å²) >= 11 is 0. The normalized spacial score (nSPS) is 29.1. The number of nitrogens with zero attached hydrogens (tertiary/aromatic N) is 1. The molecule has 84 valence electrons. The van der Waals surface area contributed by atoms with Crippen LogP contribution in [-0.2, 0) is 0 Å². The van der Waals surface area contributed by atoms with E-state index >= 15 is 0 Å². The van der Waals surface area contributed by atoms with Crippen LogP contribution in [0.2, 0.25) is 0 Å². The van der Waals surface area contributed by atoms with Crippen LogP contribution in [0.25, 0.3) is 0 Å². The van der Waals surface area contributed by atoms with Gasteiger partial charge in [-0.15, -0.1) is 0 Å². The van der Waals surface area contributed by atoms with Crippen molar-refractivity contribution in [2.75, 3.05) is 19.7 Å². The highest BCUT2D eigenvalue weighted by Crippen LogP contribution is 2.25. The van der Waals surface area contributed by atoms with Crippen molar-refractivity contribution >= 4 is 0 Å². The molecule has 0 amide bonds. The van der Waals surface area contributed by atoms with Gasteiger partial charge in [0, 0.05) is 24.2 Å². The lowest BCUT2D eigenvalue weighted by Crippen LogP contribution is -2.55. The molecular weight excluding hydrogens is 176 g/mol. The van der Waals surface area contributed by atoms with E-state index in [1.54, 1.807) is 0 Å². The Labute approximate surface area is 87.5 Å². The van der Waals surface area contributed by atoms with Gasteiger partial charge in [-0.1, -0.05) is 0 Å². The van der Waals surface area contributed by atoms with E-state index in [9.17, 15) is 5.11 Å². The molecule has 0 radical (unpaired) electrons. The Kier molecular flexibility index (Phi) is 3.93. The van der Waals surface area contributed by atoms with E-state index in [2.05, 4.69) is 37.9 Å². The first-order valence-electron chi connectivity index (χ1n) is 5.59. The maximum absolute atomic E-state index is 9.39. The average Bonchev–Trinajstić information content (AvgIpc) is 2.22. The summed E-state index contributed by atoms with van der Waals surface area (Å²) in [6.07, 6.45) is 1.14. The quantitative estimate of drug-likeness (QED) is 0.693. The molecule has 1 rings (SSSR count). The van der Waals surface area contributed by atoms with E-state index in [1.165, 1.54) is 0 Å². The summed E-state index contributed by atoms with van der Waals surface area (Å²) in [6.45, 7) is 11.1. The smallest absolute Gasteiger partial charge is 0.0599 e. The van der Waals surface area contributed by atoms with Gasteiger partial charge < -0.3 is 10.4 Å². The van der Waals surface area contributed by atoms with Crippen molar-refractivity contribution in [2.24, 2.45) is 0 Å². The summed E-state index contributed by atoms with van der Waals surface area (Å²) in [5, 5.41) is 12.8. The number of nitrogens with one attached hydrogen (secondary N) is 1. The molecule has 1 saturated heterocycles. The molecule has 0 spiro atoms. The van der Waals surface area contributed by atoms with Crippen LogP contribution in [0.15, 0.2) is 0 Å². The largest absolute Gasteiger partial charge is 0.395 e. The molecule has 1 fully saturated rings. The van der Waals surface area contributed by atoms with Gasteiger partial charge in [-0.3, -0.25) is 4.90 Å². The lowest BCUT2D eigenvalue weighted by molar-refractivity contribution is 0.0183. The fourth-order valence-electron chi connectivity index (χ4n) is 2.66. The molecule has 0 bridgehead atoms. The fourth-order valence-corrected chi connectivity index (χ4v) is 2.66. The van der Waals surface area contributed by atoms with Gasteiger partial charge in [0.2, 0.25) is 0 Å². The SMILES string of the molecule is CC(C)N1C(CO)CNCCC1(C)C. The molecule has 14 heavy (non-hydrogen) atoms. The number of rotatable bonds is 2. The van der Waals surface area contributed by atoms with Crippen LogP contribution in [0.1, 0.15) is 34.1 Å². The van der Waals surface area contributed by atoms with E-state index < -0.39 is 0 Å². The third kappa shape index (κ3) is 2.47. The fraction of sp³-hybridized carbons (Fsp3) is 1.00. The molecule has 1 aliphatic rings. The van der Waals surface area contributed by atoms with E-state index in [0.717, 1.165) is 19.5 Å². The molecule has 1 heterocycles. The Morgan fingerprint density at radius 1 is 1.50 bits per heavy atom. The molecule has 0 saturated carbocycles. The Morgan fingerprint density at radius 3 is 2.64 bits per heavy atom. The Morgan fingerprint density at radius 2 is 2.14 bits per heavy atom. The van der Waals surface area contributed by atoms with Gasteiger partial charge in [-0.25, -0.2) is 0 Å². The predicted molar refractivity (Wildman–Crippen MR) is 59.4 cm³/mol. The summed E-state index contributed by atoms with van der Waals surface area (Å²) < 4.78 is 0. The minimum absolute atomic E-state index is 0.186. The van der Waals surface area contributed by atoms with E-state index in [4.69, 9.17) is 0 Å². The van der Waals surface area contributed by atoms with Crippen molar-refractivity contribution in [3.8, 4) is 0 Å². The summed E-state index contributed by atoms with van der Waals surface area (Å²) in [5.41, 5.74) is 0.186. The van der Waals surface area contributed by atoms with Gasteiger partial charge in [0.15, 0.2) is 0 Å². The lowest BCUT2D eigenvalue weighted by Gasteiger charge is -2.44. The highest BCUT2D eigenvalue weighted by atomic mass is 16.3. The van der Waals surface area contributed by atoms with Crippen molar-refractivity contribution in [2.45, 2.75) is 51.7 Å². The topological polar surface area (TPSA) is 35.5 Å². The third-order valence-corrected chi connectivity index (χ3v) is 3.15. The molecule has 1 unspecified atom stereocenters. The Balaban J connectivity index is 2.84. The van der Waals surface area contributed by atoms with E-state index in [0.29, 0.717) is 6.04 Å². The maximum Gasteiger partial charge on any atom is 0.0599 e. The number of hydrogen-bond acceptors (Lipinski definition) is 3. The number of aliphatic hydroxyl groups excluding tert-OH is 1. The Hall–Kier alpha value is -0.120. The number of aliphatic hydroxyl groups is 1. The van der Waals surface area contributed by atoms with Crippen molar-refractivity contribution in [3.05, 3.63) is 0 Å². The van der Waals surface area contributed by atoms with Gasteiger partial charge in [-0.2, -0.15) is 0 Å². The van der Waals surface area contributed by atoms with E-state index in [1.807, 2.05) is 0 Å². The molecule has 3 heteroatoms. The summed E-state index contributed by atoms with van der Waals surface area (Å²) in [6, 6.07) is 0.745. The van der Waals surface area contributed by atoms with Crippen LogP contribution in [0, 0.1) is 0 Å². The number of hydrogen-bond donors (Lipinski definition) is 2. The van der Waals surface area contributed by atoms with Gasteiger partial charge >= 0.3 is 0 Å². The van der Waals surface area contributed by atoms with Crippen LogP contribution >= 0.6 is 0 Å². The van der Waals surface area contributed by atoms with Gasteiger partial charge in [-0.05, 0) is 40.7 Å². The zero-order valence-electron chi connectivity index (χ0n) is 9.88. The predicted octanol–water partition coefficient (Wildman–Crippen LogP) is 0.830. The standard InChI is InChI=1S/C11H24N2O/c1-9(2)13-10(8-14)7-12-6-5-11(13,3)4/h9-10,12,14H,5-8H2,1-4H3. The van der Waals surface area contributed by atoms with Crippen LogP contribution in [-0.4, -0.2) is 47.3 Å². The molecule has 0 aromatic carbocycles. The first-order valence-corrected chi connectivity index (χ1v) is 5.59. The van der Waals surface area contributed by atoms with Crippen LogP contribution in [0.4, 0.5) is 0 Å². The molecular formula is C11H24N2O. The van der Waals surface area contributed by atoms with Crippen LogP contribution in [0.3, 0.4) is 0 Å². The lowest BCUT2D eigenvalue weighted by atomic mass is 9.95. The molecule has 0 aromatic rings. The van der Waals surface area contributed by atoms with Crippen molar-refractivity contribution in [1.29, 1.82) is 0 Å². The maximum atomic E-state index is 9.39. The van der Waals surface area contributed by atoms with Crippen LogP contribution in [0.5, 0.6) is 0 Å². The second-order valence-corrected chi connectivity index (χ2v) is 5.10. The minimum atomic E-state index is 0.186. The minimum Gasteiger partial charge on any atom is -0.395 e. The highest BCUT2D eigenvalue weighted by molar-refractivity contribution is 4.92. The third-order valence-electron chi connectivity index (χ3n) is 3.15. The molecule has 3 nitrogen and oxygen atoms in total.